The molecule has 26 heavy (non-hydrogen) atoms. The Bertz CT molecular complexity index is 774. The Morgan fingerprint density at radius 3 is 2.77 bits per heavy atom. The van der Waals surface area contributed by atoms with Gasteiger partial charge in [0, 0.05) is 36.7 Å². The normalized spacial score (nSPS) is 15.5. The first-order valence-electron chi connectivity index (χ1n) is 8.89. The highest BCUT2D eigenvalue weighted by Gasteiger charge is 2.19. The van der Waals surface area contributed by atoms with Crippen LogP contribution < -0.4 is 15.4 Å². The number of nitrogens with two attached hydrogens (primary N) is 1. The van der Waals surface area contributed by atoms with Gasteiger partial charge in [-0.25, -0.2) is 9.97 Å². The first-order chi connectivity index (χ1) is 12.6. The summed E-state index contributed by atoms with van der Waals surface area (Å²) in [6, 6.07) is 5.41. The summed E-state index contributed by atoms with van der Waals surface area (Å²) in [5.74, 6) is 1.23. The van der Waals surface area contributed by atoms with Crippen LogP contribution in [0.5, 0.6) is 5.88 Å². The Morgan fingerprint density at radius 1 is 1.31 bits per heavy atom. The Balaban J connectivity index is 1.92. The number of morpholine rings is 1. The molecule has 3 heterocycles. The van der Waals surface area contributed by atoms with Crippen LogP contribution in [0.2, 0.25) is 0 Å². The first kappa shape index (κ1) is 18.1. The minimum atomic E-state index is -0.00259. The van der Waals surface area contributed by atoms with E-state index in [4.69, 9.17) is 20.6 Å². The molecular formula is C19H25N5O2. The topological polar surface area (TPSA) is 97.4 Å². The lowest BCUT2D eigenvalue weighted by Gasteiger charge is -2.28. The van der Waals surface area contributed by atoms with Crippen LogP contribution in [0.1, 0.15) is 31.4 Å². The largest absolute Gasteiger partial charge is 0.474 e. The van der Waals surface area contributed by atoms with Crippen LogP contribution in [0, 0.1) is 5.41 Å². The van der Waals surface area contributed by atoms with Crippen molar-refractivity contribution in [1.82, 2.24) is 9.97 Å². The van der Waals surface area contributed by atoms with E-state index in [0.29, 0.717) is 30.3 Å². The molecule has 2 aromatic heterocycles. The molecule has 0 spiro atoms. The Hall–Kier alpha value is -2.67. The van der Waals surface area contributed by atoms with Gasteiger partial charge in [0.25, 0.3) is 0 Å². The molecule has 138 valence electrons. The van der Waals surface area contributed by atoms with Crippen molar-refractivity contribution in [2.75, 3.05) is 36.9 Å². The second-order valence-corrected chi connectivity index (χ2v) is 6.29. The van der Waals surface area contributed by atoms with Crippen LogP contribution in [0.4, 0.5) is 11.5 Å². The van der Waals surface area contributed by atoms with Gasteiger partial charge in [-0.2, -0.15) is 0 Å². The van der Waals surface area contributed by atoms with Crippen molar-refractivity contribution >= 4 is 17.2 Å². The minimum Gasteiger partial charge on any atom is -0.474 e. The summed E-state index contributed by atoms with van der Waals surface area (Å²) in [6.07, 6.45) is 4.17. The Morgan fingerprint density at radius 2 is 2.04 bits per heavy atom. The molecule has 1 unspecified atom stereocenters. The van der Waals surface area contributed by atoms with Gasteiger partial charge in [-0.15, -0.1) is 0 Å². The van der Waals surface area contributed by atoms with Gasteiger partial charge in [0.15, 0.2) is 0 Å². The molecule has 0 aromatic carbocycles. The molecule has 0 bridgehead atoms. The van der Waals surface area contributed by atoms with Gasteiger partial charge in [0.05, 0.1) is 30.6 Å². The maximum atomic E-state index is 8.69. The monoisotopic (exact) mass is 355 g/mol. The number of hydrogen-bond acceptors (Lipinski definition) is 7. The zero-order valence-corrected chi connectivity index (χ0v) is 15.2. The second-order valence-electron chi connectivity index (χ2n) is 6.29. The molecule has 3 N–H and O–H groups in total. The van der Waals surface area contributed by atoms with Crippen LogP contribution in [0.25, 0.3) is 0 Å². The lowest BCUT2D eigenvalue weighted by atomic mass is 10.0. The minimum absolute atomic E-state index is 0.00259. The van der Waals surface area contributed by atoms with Crippen molar-refractivity contribution < 1.29 is 9.47 Å². The summed E-state index contributed by atoms with van der Waals surface area (Å²) in [6.45, 7) is 6.97. The van der Waals surface area contributed by atoms with E-state index in [2.05, 4.69) is 14.9 Å². The molecule has 7 heteroatoms. The van der Waals surface area contributed by atoms with Gasteiger partial charge < -0.3 is 20.1 Å². The highest BCUT2D eigenvalue weighted by atomic mass is 16.5. The second kappa shape index (κ2) is 8.14. The van der Waals surface area contributed by atoms with Gasteiger partial charge in [-0.05, 0) is 31.5 Å². The third-order valence-corrected chi connectivity index (χ3v) is 4.46. The van der Waals surface area contributed by atoms with Crippen molar-refractivity contribution in [3.63, 3.8) is 0 Å². The summed E-state index contributed by atoms with van der Waals surface area (Å²) in [4.78, 5) is 10.9. The molecule has 1 atom stereocenters. The number of pyridine rings is 2. The molecule has 0 aliphatic carbocycles. The van der Waals surface area contributed by atoms with E-state index in [1.165, 1.54) is 0 Å². The van der Waals surface area contributed by atoms with E-state index < -0.39 is 0 Å². The molecule has 0 saturated carbocycles. The van der Waals surface area contributed by atoms with Crippen LogP contribution >= 0.6 is 0 Å². The van der Waals surface area contributed by atoms with Gasteiger partial charge in [0.1, 0.15) is 5.82 Å². The van der Waals surface area contributed by atoms with Crippen molar-refractivity contribution in [2.45, 2.75) is 26.4 Å². The molecule has 0 radical (unpaired) electrons. The molecule has 3 rings (SSSR count). The first-order valence-corrected chi connectivity index (χ1v) is 8.89. The van der Waals surface area contributed by atoms with Crippen molar-refractivity contribution in [3.05, 3.63) is 41.7 Å². The van der Waals surface area contributed by atoms with Crippen molar-refractivity contribution in [1.29, 1.82) is 5.41 Å². The molecule has 2 aromatic rings. The quantitative estimate of drug-likeness (QED) is 0.773. The zero-order valence-electron chi connectivity index (χ0n) is 15.2. The van der Waals surface area contributed by atoms with E-state index in [-0.39, 0.29) is 11.8 Å². The van der Waals surface area contributed by atoms with E-state index in [1.54, 1.807) is 18.5 Å². The summed E-state index contributed by atoms with van der Waals surface area (Å²) in [5.41, 5.74) is 8.17. The van der Waals surface area contributed by atoms with E-state index in [9.17, 15) is 0 Å². The summed E-state index contributed by atoms with van der Waals surface area (Å²) >= 11 is 0. The highest BCUT2D eigenvalue weighted by molar-refractivity contribution is 6.15. The fourth-order valence-electron chi connectivity index (χ4n) is 2.75. The van der Waals surface area contributed by atoms with Crippen molar-refractivity contribution in [3.8, 4) is 5.88 Å². The molecular weight excluding hydrogens is 330 g/mol. The maximum Gasteiger partial charge on any atom is 0.225 e. The number of ether oxygens (including phenoxy) is 2. The number of aromatic nitrogens is 2. The van der Waals surface area contributed by atoms with Crippen LogP contribution in [0.15, 0.2) is 30.6 Å². The molecule has 7 nitrogen and oxygen atoms in total. The average molecular weight is 355 g/mol. The molecule has 1 fully saturated rings. The predicted octanol–water partition coefficient (Wildman–Crippen LogP) is 2.49. The van der Waals surface area contributed by atoms with Crippen LogP contribution in [-0.2, 0) is 4.74 Å². The summed E-state index contributed by atoms with van der Waals surface area (Å²) < 4.78 is 11.3. The van der Waals surface area contributed by atoms with Crippen molar-refractivity contribution in [2.24, 2.45) is 0 Å². The fourth-order valence-corrected chi connectivity index (χ4v) is 2.75. The summed E-state index contributed by atoms with van der Waals surface area (Å²) in [7, 11) is 0. The number of hydrogen-bond donors (Lipinski definition) is 2. The standard InChI is InChI=1S/C19H25N5O2/c1-3-13(2)26-19-17(15(20)5-7-23-19)18(21)14-4-6-22-16(12-14)24-8-10-25-11-9-24/h4-7,12-13,21H,3,8-11H2,1-2H3,(H2,20,23). The van der Waals surface area contributed by atoms with E-state index in [0.717, 1.165) is 30.9 Å². The Labute approximate surface area is 153 Å². The molecule has 1 aliphatic heterocycles. The van der Waals surface area contributed by atoms with E-state index in [1.807, 2.05) is 26.0 Å². The molecule has 0 amide bonds. The fraction of sp³-hybridized carbons (Fsp3) is 0.421. The Kier molecular flexibility index (Phi) is 5.68. The van der Waals surface area contributed by atoms with E-state index >= 15 is 0 Å². The molecule has 1 saturated heterocycles. The smallest absolute Gasteiger partial charge is 0.225 e. The zero-order chi connectivity index (χ0) is 18.5. The lowest BCUT2D eigenvalue weighted by Crippen LogP contribution is -2.36. The lowest BCUT2D eigenvalue weighted by molar-refractivity contribution is 0.122. The predicted molar refractivity (Wildman–Crippen MR) is 102 cm³/mol. The number of anilines is 2. The van der Waals surface area contributed by atoms with Crippen LogP contribution in [0.3, 0.4) is 0 Å². The SMILES string of the molecule is CCC(C)Oc1nccc(N)c1C(=N)c1ccnc(N2CCOCC2)c1. The number of nitrogens with one attached hydrogen (secondary N) is 1. The van der Waals surface area contributed by atoms with Gasteiger partial charge >= 0.3 is 0 Å². The maximum absolute atomic E-state index is 8.69. The van der Waals surface area contributed by atoms with Gasteiger partial charge in [-0.3, -0.25) is 5.41 Å². The van der Waals surface area contributed by atoms with Gasteiger partial charge in [-0.1, -0.05) is 6.92 Å². The summed E-state index contributed by atoms with van der Waals surface area (Å²) in [5, 5.41) is 8.69. The molecule has 1 aliphatic rings. The third-order valence-electron chi connectivity index (χ3n) is 4.46. The highest BCUT2D eigenvalue weighted by Crippen LogP contribution is 2.27. The average Bonchev–Trinajstić information content (AvgIpc) is 2.68. The van der Waals surface area contributed by atoms with Crippen LogP contribution in [-0.4, -0.2) is 48.1 Å². The third kappa shape index (κ3) is 3.94. The number of nitrogen functional groups attached to an aromatic ring is 1. The number of nitrogens with zero attached hydrogens (tertiary/aromatic N) is 3. The van der Waals surface area contributed by atoms with Gasteiger partial charge in [0.2, 0.25) is 5.88 Å². The number of rotatable bonds is 6.